The van der Waals surface area contributed by atoms with Crippen LogP contribution in [0.1, 0.15) is 65.7 Å². The van der Waals surface area contributed by atoms with E-state index in [2.05, 4.69) is 19.9 Å². The molecule has 3 heteroatoms. The zero-order valence-corrected chi connectivity index (χ0v) is 15.2. The zero-order chi connectivity index (χ0) is 17.3. The van der Waals surface area contributed by atoms with Gasteiger partial charge < -0.3 is 5.11 Å². The summed E-state index contributed by atoms with van der Waals surface area (Å²) < 4.78 is 0. The zero-order valence-electron chi connectivity index (χ0n) is 15.2. The first-order valence-electron chi connectivity index (χ1n) is 9.69. The molecule has 0 radical (unpaired) electrons. The van der Waals surface area contributed by atoms with E-state index in [-0.39, 0.29) is 28.6 Å². The molecule has 0 spiro atoms. The second-order valence-electron chi connectivity index (χ2n) is 9.43. The van der Waals surface area contributed by atoms with E-state index in [1.807, 2.05) is 0 Å². The maximum absolute atomic E-state index is 13.3. The van der Waals surface area contributed by atoms with Gasteiger partial charge in [0.1, 0.15) is 5.78 Å². The molecule has 0 amide bonds. The van der Waals surface area contributed by atoms with Crippen LogP contribution >= 0.6 is 0 Å². The molecule has 24 heavy (non-hydrogen) atoms. The third-order valence-electron chi connectivity index (χ3n) is 8.29. The maximum Gasteiger partial charge on any atom is 0.156 e. The van der Waals surface area contributed by atoms with E-state index < -0.39 is 0 Å². The van der Waals surface area contributed by atoms with Crippen molar-refractivity contribution in [1.29, 1.82) is 0 Å². The van der Waals surface area contributed by atoms with Gasteiger partial charge in [-0.15, -0.1) is 0 Å². The van der Waals surface area contributed by atoms with Crippen LogP contribution in [0.4, 0.5) is 0 Å². The number of carbonyl (C=O) groups is 2. The van der Waals surface area contributed by atoms with Crippen LogP contribution in [0, 0.1) is 34.5 Å². The number of aliphatic hydroxyl groups excluding tert-OH is 1. The number of fused-ring (bicyclic) bond motifs is 5. The van der Waals surface area contributed by atoms with E-state index in [4.69, 9.17) is 0 Å². The summed E-state index contributed by atoms with van der Waals surface area (Å²) in [5.74, 6) is 2.02. The summed E-state index contributed by atoms with van der Waals surface area (Å²) in [5.41, 5.74) is 0.728. The summed E-state index contributed by atoms with van der Waals surface area (Å²) in [6.45, 7) is 6.12. The standard InChI is InChI=1S/C21H30O3/c1-12(22)16-6-7-17-15-5-4-13-10-14(23)8-9-20(13,2)19(15)18(24)11-21(16,17)3/h6,13-15,17,19,23H,4-5,7-11H2,1-3H3/t13-,14+,15?,17-,19+,20?,21?/m0/s1. The Morgan fingerprint density at radius 3 is 2.71 bits per heavy atom. The average molecular weight is 330 g/mol. The molecule has 7 atom stereocenters. The molecule has 3 fully saturated rings. The van der Waals surface area contributed by atoms with Gasteiger partial charge in [-0.05, 0) is 74.2 Å². The Morgan fingerprint density at radius 1 is 1.25 bits per heavy atom. The van der Waals surface area contributed by atoms with Crippen molar-refractivity contribution in [1.82, 2.24) is 0 Å². The molecule has 132 valence electrons. The van der Waals surface area contributed by atoms with Crippen molar-refractivity contribution in [2.75, 3.05) is 0 Å². The fourth-order valence-corrected chi connectivity index (χ4v) is 7.17. The summed E-state index contributed by atoms with van der Waals surface area (Å²) in [6, 6.07) is 0. The van der Waals surface area contributed by atoms with Gasteiger partial charge in [-0.25, -0.2) is 0 Å². The number of allylic oxidation sites excluding steroid dienone is 2. The predicted octanol–water partition coefficient (Wildman–Crippen LogP) is 3.69. The van der Waals surface area contributed by atoms with Crippen molar-refractivity contribution < 1.29 is 14.7 Å². The van der Waals surface area contributed by atoms with Crippen molar-refractivity contribution >= 4 is 11.6 Å². The Morgan fingerprint density at radius 2 is 2.00 bits per heavy atom. The number of Topliss-reactive ketones (excluding diaryl/α,β-unsaturated/α-hetero) is 2. The lowest BCUT2D eigenvalue weighted by Crippen LogP contribution is -2.57. The number of aliphatic hydroxyl groups is 1. The van der Waals surface area contributed by atoms with Crippen LogP contribution in [0.5, 0.6) is 0 Å². The summed E-state index contributed by atoms with van der Waals surface area (Å²) >= 11 is 0. The molecule has 4 aliphatic carbocycles. The number of hydrogen-bond donors (Lipinski definition) is 1. The minimum Gasteiger partial charge on any atom is -0.393 e. The van der Waals surface area contributed by atoms with Gasteiger partial charge in [0.25, 0.3) is 0 Å². The molecule has 4 rings (SSSR count). The largest absolute Gasteiger partial charge is 0.393 e. The molecule has 3 nitrogen and oxygen atoms in total. The Bertz CT molecular complexity index is 621. The van der Waals surface area contributed by atoms with Crippen molar-refractivity contribution in [2.24, 2.45) is 34.5 Å². The maximum atomic E-state index is 13.3. The van der Waals surface area contributed by atoms with Crippen LogP contribution in [0.3, 0.4) is 0 Å². The van der Waals surface area contributed by atoms with Crippen LogP contribution in [0.25, 0.3) is 0 Å². The SMILES string of the molecule is CC(=O)C1=CC[C@H]2C3CC[C@H]4C[C@H](O)CCC4(C)[C@H]3C(=O)CC12C. The third-order valence-corrected chi connectivity index (χ3v) is 8.29. The molecule has 3 saturated carbocycles. The molecule has 0 heterocycles. The van der Waals surface area contributed by atoms with E-state index in [0.29, 0.717) is 30.0 Å². The molecule has 0 aliphatic heterocycles. The minimum absolute atomic E-state index is 0.0551. The Hall–Kier alpha value is -0.960. The topological polar surface area (TPSA) is 54.4 Å². The monoisotopic (exact) mass is 330 g/mol. The normalized spacial score (nSPS) is 50.6. The molecule has 4 aliphatic rings. The quantitative estimate of drug-likeness (QED) is 0.797. The molecular formula is C21H30O3. The Kier molecular flexibility index (Phi) is 3.62. The van der Waals surface area contributed by atoms with E-state index in [1.165, 1.54) is 0 Å². The van der Waals surface area contributed by atoms with E-state index in [0.717, 1.165) is 44.1 Å². The lowest BCUT2D eigenvalue weighted by atomic mass is 9.44. The number of carbonyl (C=O) groups excluding carboxylic acids is 2. The highest BCUT2D eigenvalue weighted by Crippen LogP contribution is 2.65. The molecule has 0 saturated heterocycles. The molecule has 0 aromatic heterocycles. The first kappa shape index (κ1) is 16.5. The molecule has 0 aromatic carbocycles. The highest BCUT2D eigenvalue weighted by molar-refractivity contribution is 5.97. The highest BCUT2D eigenvalue weighted by atomic mass is 16.3. The van der Waals surface area contributed by atoms with Crippen molar-refractivity contribution in [3.05, 3.63) is 11.6 Å². The molecule has 0 bridgehead atoms. The summed E-state index contributed by atoms with van der Waals surface area (Å²) in [7, 11) is 0. The second kappa shape index (κ2) is 5.27. The van der Waals surface area contributed by atoms with Crippen LogP contribution in [-0.4, -0.2) is 22.8 Å². The number of rotatable bonds is 1. The van der Waals surface area contributed by atoms with Gasteiger partial charge in [-0.2, -0.15) is 0 Å². The smallest absolute Gasteiger partial charge is 0.156 e. The van der Waals surface area contributed by atoms with Crippen LogP contribution in [-0.2, 0) is 9.59 Å². The van der Waals surface area contributed by atoms with Crippen molar-refractivity contribution in [3.8, 4) is 0 Å². The second-order valence-corrected chi connectivity index (χ2v) is 9.43. The fraction of sp³-hybridized carbons (Fsp3) is 0.810. The third kappa shape index (κ3) is 2.06. The lowest BCUT2D eigenvalue weighted by Gasteiger charge is -2.59. The molecule has 1 N–H and O–H groups in total. The van der Waals surface area contributed by atoms with Gasteiger partial charge in [0.05, 0.1) is 6.10 Å². The Labute approximate surface area is 144 Å². The van der Waals surface area contributed by atoms with Gasteiger partial charge in [-0.3, -0.25) is 9.59 Å². The van der Waals surface area contributed by atoms with Crippen LogP contribution < -0.4 is 0 Å². The molecule has 3 unspecified atom stereocenters. The lowest BCUT2D eigenvalue weighted by molar-refractivity contribution is -0.158. The van der Waals surface area contributed by atoms with Gasteiger partial charge in [0.15, 0.2) is 5.78 Å². The van der Waals surface area contributed by atoms with Crippen LogP contribution in [0.15, 0.2) is 11.6 Å². The first-order chi connectivity index (χ1) is 11.3. The predicted molar refractivity (Wildman–Crippen MR) is 92.3 cm³/mol. The van der Waals surface area contributed by atoms with Gasteiger partial charge in [0, 0.05) is 17.8 Å². The van der Waals surface area contributed by atoms with Crippen LogP contribution in [0.2, 0.25) is 0 Å². The summed E-state index contributed by atoms with van der Waals surface area (Å²) in [5, 5.41) is 10.1. The summed E-state index contributed by atoms with van der Waals surface area (Å²) in [4.78, 5) is 25.4. The molecule has 0 aromatic rings. The van der Waals surface area contributed by atoms with Gasteiger partial charge >= 0.3 is 0 Å². The van der Waals surface area contributed by atoms with Gasteiger partial charge in [0.2, 0.25) is 0 Å². The highest BCUT2D eigenvalue weighted by Gasteiger charge is 2.62. The van der Waals surface area contributed by atoms with Gasteiger partial charge in [-0.1, -0.05) is 19.9 Å². The number of hydrogen-bond acceptors (Lipinski definition) is 3. The fourth-order valence-electron chi connectivity index (χ4n) is 7.17. The Balaban J connectivity index is 1.69. The summed E-state index contributed by atoms with van der Waals surface area (Å²) in [6.07, 6.45) is 8.34. The molecular weight excluding hydrogens is 300 g/mol. The minimum atomic E-state index is -0.235. The van der Waals surface area contributed by atoms with E-state index in [9.17, 15) is 14.7 Å². The number of ketones is 2. The van der Waals surface area contributed by atoms with E-state index >= 15 is 0 Å². The van der Waals surface area contributed by atoms with Crippen molar-refractivity contribution in [3.63, 3.8) is 0 Å². The average Bonchev–Trinajstić information content (AvgIpc) is 2.84. The first-order valence-corrected chi connectivity index (χ1v) is 9.69. The van der Waals surface area contributed by atoms with E-state index in [1.54, 1.807) is 6.92 Å². The van der Waals surface area contributed by atoms with Crippen molar-refractivity contribution in [2.45, 2.75) is 71.8 Å².